The van der Waals surface area contributed by atoms with Gasteiger partial charge in [-0.15, -0.1) is 10.2 Å². The van der Waals surface area contributed by atoms with E-state index in [0.717, 1.165) is 23.9 Å². The number of nitrogens with zero attached hydrogens (tertiary/aromatic N) is 2. The SMILES string of the molecule is C[C@@H](Sc1nnc(COc2ccc(F)cc2)o1)C(=O)Nc1ccc(F)cc1F. The molecule has 1 atom stereocenters. The van der Waals surface area contributed by atoms with Crippen LogP contribution < -0.4 is 10.1 Å². The molecule has 146 valence electrons. The lowest BCUT2D eigenvalue weighted by molar-refractivity contribution is -0.115. The van der Waals surface area contributed by atoms with Gasteiger partial charge >= 0.3 is 0 Å². The number of thioether (sulfide) groups is 1. The molecule has 6 nitrogen and oxygen atoms in total. The first-order chi connectivity index (χ1) is 13.4. The number of rotatable bonds is 7. The van der Waals surface area contributed by atoms with Crippen molar-refractivity contribution < 1.29 is 27.1 Å². The van der Waals surface area contributed by atoms with Crippen LogP contribution in [0.2, 0.25) is 0 Å². The molecule has 0 bridgehead atoms. The molecule has 0 unspecified atom stereocenters. The van der Waals surface area contributed by atoms with E-state index in [4.69, 9.17) is 9.15 Å². The van der Waals surface area contributed by atoms with Crippen LogP contribution in [0.5, 0.6) is 5.75 Å². The van der Waals surface area contributed by atoms with Crippen LogP contribution in [0.1, 0.15) is 12.8 Å². The third-order valence-electron chi connectivity index (χ3n) is 3.46. The molecule has 1 N–H and O–H groups in total. The Balaban J connectivity index is 1.53. The minimum absolute atomic E-state index is 0.0272. The summed E-state index contributed by atoms with van der Waals surface area (Å²) in [6.45, 7) is 1.54. The van der Waals surface area contributed by atoms with Gasteiger partial charge in [-0.1, -0.05) is 11.8 Å². The van der Waals surface area contributed by atoms with Crippen LogP contribution >= 0.6 is 11.8 Å². The molecule has 1 aromatic heterocycles. The minimum atomic E-state index is -0.872. The summed E-state index contributed by atoms with van der Waals surface area (Å²) in [5.74, 6) is -1.90. The van der Waals surface area contributed by atoms with Crippen molar-refractivity contribution in [3.8, 4) is 5.75 Å². The fraction of sp³-hybridized carbons (Fsp3) is 0.167. The van der Waals surface area contributed by atoms with Gasteiger partial charge in [-0.3, -0.25) is 4.79 Å². The van der Waals surface area contributed by atoms with E-state index in [1.165, 1.54) is 24.3 Å². The van der Waals surface area contributed by atoms with Crippen molar-refractivity contribution >= 4 is 23.4 Å². The number of ether oxygens (including phenoxy) is 1. The van der Waals surface area contributed by atoms with Gasteiger partial charge < -0.3 is 14.5 Å². The molecular formula is C18H14F3N3O3S. The summed E-state index contributed by atoms with van der Waals surface area (Å²) in [5.41, 5.74) is -0.127. The summed E-state index contributed by atoms with van der Waals surface area (Å²) in [4.78, 5) is 12.2. The van der Waals surface area contributed by atoms with Gasteiger partial charge in [-0.25, -0.2) is 13.2 Å². The molecule has 1 heterocycles. The molecule has 0 fully saturated rings. The van der Waals surface area contributed by atoms with Crippen molar-refractivity contribution in [3.05, 3.63) is 65.8 Å². The van der Waals surface area contributed by atoms with E-state index in [2.05, 4.69) is 15.5 Å². The second kappa shape index (κ2) is 8.79. The summed E-state index contributed by atoms with van der Waals surface area (Å²) in [6, 6.07) is 8.30. The third-order valence-corrected chi connectivity index (χ3v) is 4.39. The number of hydrogen-bond donors (Lipinski definition) is 1. The first kappa shape index (κ1) is 19.7. The number of carbonyl (C=O) groups is 1. The molecule has 0 saturated carbocycles. The smallest absolute Gasteiger partial charge is 0.277 e. The van der Waals surface area contributed by atoms with Crippen molar-refractivity contribution in [2.24, 2.45) is 0 Å². The van der Waals surface area contributed by atoms with Gasteiger partial charge in [0.15, 0.2) is 6.61 Å². The summed E-state index contributed by atoms with van der Waals surface area (Å²) in [6.07, 6.45) is 0. The first-order valence-electron chi connectivity index (χ1n) is 8.04. The molecule has 3 rings (SSSR count). The van der Waals surface area contributed by atoms with Gasteiger partial charge in [0.05, 0.1) is 10.9 Å². The van der Waals surface area contributed by atoms with Crippen LogP contribution in [-0.4, -0.2) is 21.4 Å². The molecule has 0 aliphatic rings. The Kier molecular flexibility index (Phi) is 6.19. The number of hydrogen-bond acceptors (Lipinski definition) is 6. The van der Waals surface area contributed by atoms with Crippen LogP contribution in [0, 0.1) is 17.5 Å². The Morgan fingerprint density at radius 2 is 1.86 bits per heavy atom. The van der Waals surface area contributed by atoms with Gasteiger partial charge in [-0.05, 0) is 43.3 Å². The monoisotopic (exact) mass is 409 g/mol. The molecule has 0 radical (unpaired) electrons. The molecular weight excluding hydrogens is 395 g/mol. The minimum Gasteiger partial charge on any atom is -0.484 e. The van der Waals surface area contributed by atoms with E-state index in [0.29, 0.717) is 11.8 Å². The van der Waals surface area contributed by atoms with Gasteiger partial charge in [0.25, 0.3) is 11.1 Å². The maximum absolute atomic E-state index is 13.6. The lowest BCUT2D eigenvalue weighted by Gasteiger charge is -2.10. The zero-order chi connectivity index (χ0) is 20.1. The highest BCUT2D eigenvalue weighted by Gasteiger charge is 2.20. The number of amides is 1. The zero-order valence-electron chi connectivity index (χ0n) is 14.5. The van der Waals surface area contributed by atoms with Crippen LogP contribution in [0.3, 0.4) is 0 Å². The highest BCUT2D eigenvalue weighted by atomic mass is 32.2. The van der Waals surface area contributed by atoms with Gasteiger partial charge in [0.2, 0.25) is 5.91 Å². The molecule has 0 aliphatic heterocycles. The standard InChI is InChI=1S/C18H14F3N3O3S/c1-10(17(25)22-15-7-4-12(20)8-14(15)21)28-18-24-23-16(27-18)9-26-13-5-2-11(19)3-6-13/h2-8,10H,9H2,1H3,(H,22,25)/t10-/m1/s1. The fourth-order valence-electron chi connectivity index (χ4n) is 2.05. The lowest BCUT2D eigenvalue weighted by Crippen LogP contribution is -2.23. The number of nitrogens with one attached hydrogen (secondary N) is 1. The van der Waals surface area contributed by atoms with E-state index < -0.39 is 22.8 Å². The summed E-state index contributed by atoms with van der Waals surface area (Å²) in [5, 5.41) is 9.41. The van der Waals surface area contributed by atoms with Crippen molar-refractivity contribution in [1.29, 1.82) is 0 Å². The molecule has 10 heteroatoms. The third kappa shape index (κ3) is 5.26. The van der Waals surface area contributed by atoms with Gasteiger partial charge in [-0.2, -0.15) is 0 Å². The van der Waals surface area contributed by atoms with Gasteiger partial charge in [0.1, 0.15) is 23.2 Å². The van der Waals surface area contributed by atoms with Crippen LogP contribution in [0.15, 0.2) is 52.1 Å². The molecule has 3 aromatic rings. The Morgan fingerprint density at radius 3 is 2.57 bits per heavy atom. The predicted molar refractivity (Wildman–Crippen MR) is 95.3 cm³/mol. The molecule has 28 heavy (non-hydrogen) atoms. The molecule has 0 saturated heterocycles. The average molecular weight is 409 g/mol. The molecule has 0 aliphatic carbocycles. The zero-order valence-corrected chi connectivity index (χ0v) is 15.3. The molecule has 2 aromatic carbocycles. The van der Waals surface area contributed by atoms with E-state index in [1.807, 2.05) is 0 Å². The normalized spacial score (nSPS) is 11.9. The summed E-state index contributed by atoms with van der Waals surface area (Å²) < 4.78 is 50.1. The van der Waals surface area contributed by atoms with Crippen LogP contribution in [0.25, 0.3) is 0 Å². The quantitative estimate of drug-likeness (QED) is 0.590. The van der Waals surface area contributed by atoms with Crippen molar-refractivity contribution in [1.82, 2.24) is 10.2 Å². The Morgan fingerprint density at radius 1 is 1.14 bits per heavy atom. The largest absolute Gasteiger partial charge is 0.484 e. The number of benzene rings is 2. The highest BCUT2D eigenvalue weighted by Crippen LogP contribution is 2.24. The fourth-order valence-corrected chi connectivity index (χ4v) is 2.75. The second-order valence-corrected chi connectivity index (χ2v) is 6.87. The van der Waals surface area contributed by atoms with Crippen LogP contribution in [-0.2, 0) is 11.4 Å². The number of carbonyl (C=O) groups excluding carboxylic acids is 1. The number of aromatic nitrogens is 2. The number of halogens is 3. The van der Waals surface area contributed by atoms with Gasteiger partial charge in [0, 0.05) is 6.07 Å². The number of anilines is 1. The Hall–Kier alpha value is -3.01. The topological polar surface area (TPSA) is 77.2 Å². The average Bonchev–Trinajstić information content (AvgIpc) is 3.11. The Bertz CT molecular complexity index is 966. The first-order valence-corrected chi connectivity index (χ1v) is 8.92. The second-order valence-electron chi connectivity index (χ2n) is 5.58. The Labute approximate surface area is 162 Å². The van der Waals surface area contributed by atoms with Crippen molar-refractivity contribution in [2.45, 2.75) is 24.0 Å². The van der Waals surface area contributed by atoms with E-state index in [-0.39, 0.29) is 29.2 Å². The lowest BCUT2D eigenvalue weighted by atomic mass is 10.3. The van der Waals surface area contributed by atoms with Crippen molar-refractivity contribution in [3.63, 3.8) is 0 Å². The predicted octanol–water partition coefficient (Wildman–Crippen LogP) is 4.19. The van der Waals surface area contributed by atoms with E-state index in [9.17, 15) is 18.0 Å². The van der Waals surface area contributed by atoms with Crippen molar-refractivity contribution in [2.75, 3.05) is 5.32 Å². The highest BCUT2D eigenvalue weighted by molar-refractivity contribution is 8.00. The summed E-state index contributed by atoms with van der Waals surface area (Å²) >= 11 is 0.970. The maximum atomic E-state index is 13.6. The molecule has 0 spiro atoms. The van der Waals surface area contributed by atoms with E-state index >= 15 is 0 Å². The maximum Gasteiger partial charge on any atom is 0.277 e. The summed E-state index contributed by atoms with van der Waals surface area (Å²) in [7, 11) is 0. The van der Waals surface area contributed by atoms with Crippen LogP contribution in [0.4, 0.5) is 18.9 Å². The van der Waals surface area contributed by atoms with E-state index in [1.54, 1.807) is 6.92 Å². The molecule has 1 amide bonds.